The van der Waals surface area contributed by atoms with Crippen LogP contribution in [0.25, 0.3) is 0 Å². The van der Waals surface area contributed by atoms with Crippen molar-refractivity contribution in [3.8, 4) is 5.75 Å². The van der Waals surface area contributed by atoms with Gasteiger partial charge in [0.15, 0.2) is 9.84 Å². The Hall–Kier alpha value is -1.60. The summed E-state index contributed by atoms with van der Waals surface area (Å²) in [6.45, 7) is 3.34. The number of rotatable bonds is 4. The number of phenolic OH excluding ortho intramolecular Hbond substituents is 1. The predicted octanol–water partition coefficient (Wildman–Crippen LogP) is 0.717. The molecule has 1 aromatic carbocycles. The molecule has 0 bridgehead atoms. The standard InChI is InChI=1S/C12H18N2O4S/c1-7(8(2)13)12(16)14-10-6-9(19(3,17)18)4-5-11(10)15/h4-8,15H,13H2,1-3H3,(H,14,16). The average Bonchev–Trinajstić information content (AvgIpc) is 2.29. The Morgan fingerprint density at radius 1 is 1.37 bits per heavy atom. The number of amides is 1. The van der Waals surface area contributed by atoms with Crippen LogP contribution < -0.4 is 11.1 Å². The van der Waals surface area contributed by atoms with Crippen LogP contribution in [0.1, 0.15) is 13.8 Å². The van der Waals surface area contributed by atoms with E-state index in [9.17, 15) is 18.3 Å². The number of aromatic hydroxyl groups is 1. The number of nitrogens with one attached hydrogen (secondary N) is 1. The third-order valence-electron chi connectivity index (χ3n) is 2.86. The van der Waals surface area contributed by atoms with E-state index in [1.165, 1.54) is 18.2 Å². The molecule has 0 saturated heterocycles. The summed E-state index contributed by atoms with van der Waals surface area (Å²) in [5.41, 5.74) is 5.66. The van der Waals surface area contributed by atoms with Gasteiger partial charge in [0.05, 0.1) is 16.5 Å². The zero-order valence-electron chi connectivity index (χ0n) is 11.0. The highest BCUT2D eigenvalue weighted by molar-refractivity contribution is 7.90. The average molecular weight is 286 g/mol. The molecule has 19 heavy (non-hydrogen) atoms. The number of phenols is 1. The molecule has 0 saturated carbocycles. The van der Waals surface area contributed by atoms with Gasteiger partial charge in [-0.05, 0) is 25.1 Å². The van der Waals surface area contributed by atoms with Crippen molar-refractivity contribution in [1.82, 2.24) is 0 Å². The minimum Gasteiger partial charge on any atom is -0.506 e. The molecule has 106 valence electrons. The van der Waals surface area contributed by atoms with Crippen molar-refractivity contribution in [2.45, 2.75) is 24.8 Å². The third kappa shape index (κ3) is 3.93. The van der Waals surface area contributed by atoms with Gasteiger partial charge in [-0.1, -0.05) is 6.92 Å². The molecule has 4 N–H and O–H groups in total. The van der Waals surface area contributed by atoms with Crippen LogP contribution in [-0.4, -0.2) is 31.7 Å². The number of carbonyl (C=O) groups is 1. The molecule has 1 rings (SSSR count). The summed E-state index contributed by atoms with van der Waals surface area (Å²) in [5, 5.41) is 12.1. The van der Waals surface area contributed by atoms with Gasteiger partial charge in [0.1, 0.15) is 5.75 Å². The molecule has 0 aromatic heterocycles. The topological polar surface area (TPSA) is 109 Å². The third-order valence-corrected chi connectivity index (χ3v) is 3.97. The lowest BCUT2D eigenvalue weighted by Crippen LogP contribution is -2.34. The molecule has 6 nitrogen and oxygen atoms in total. The largest absolute Gasteiger partial charge is 0.506 e. The summed E-state index contributed by atoms with van der Waals surface area (Å²) in [4.78, 5) is 11.8. The minimum absolute atomic E-state index is 0.0223. The maximum Gasteiger partial charge on any atom is 0.228 e. The second kappa shape index (κ2) is 5.58. The van der Waals surface area contributed by atoms with Gasteiger partial charge < -0.3 is 16.2 Å². The molecule has 2 atom stereocenters. The van der Waals surface area contributed by atoms with Crippen molar-refractivity contribution in [1.29, 1.82) is 0 Å². The van der Waals surface area contributed by atoms with Crippen LogP contribution in [0.4, 0.5) is 5.69 Å². The minimum atomic E-state index is -3.40. The number of hydrogen-bond donors (Lipinski definition) is 3. The molecule has 0 heterocycles. The quantitative estimate of drug-likeness (QED) is 0.706. The van der Waals surface area contributed by atoms with Crippen molar-refractivity contribution >= 4 is 21.4 Å². The number of hydrogen-bond acceptors (Lipinski definition) is 5. The second-order valence-electron chi connectivity index (χ2n) is 4.59. The first-order valence-electron chi connectivity index (χ1n) is 5.72. The van der Waals surface area contributed by atoms with E-state index in [2.05, 4.69) is 5.32 Å². The highest BCUT2D eigenvalue weighted by Gasteiger charge is 2.19. The predicted molar refractivity (Wildman–Crippen MR) is 72.7 cm³/mol. The van der Waals surface area contributed by atoms with Crippen LogP contribution in [0.5, 0.6) is 5.75 Å². The molecule has 1 aromatic rings. The Kier molecular flexibility index (Phi) is 4.54. The van der Waals surface area contributed by atoms with Crippen molar-refractivity contribution in [3.63, 3.8) is 0 Å². The van der Waals surface area contributed by atoms with Crippen LogP contribution in [0.2, 0.25) is 0 Å². The fraction of sp³-hybridized carbons (Fsp3) is 0.417. The van der Waals surface area contributed by atoms with Crippen molar-refractivity contribution in [2.75, 3.05) is 11.6 Å². The fourth-order valence-electron chi connectivity index (χ4n) is 1.33. The Bertz CT molecular complexity index is 581. The van der Waals surface area contributed by atoms with Crippen LogP contribution in [0.15, 0.2) is 23.1 Å². The van der Waals surface area contributed by atoms with Crippen LogP contribution >= 0.6 is 0 Å². The molecule has 0 aliphatic rings. The second-order valence-corrected chi connectivity index (χ2v) is 6.60. The first kappa shape index (κ1) is 15.5. The van der Waals surface area contributed by atoms with E-state index in [0.717, 1.165) is 6.26 Å². The van der Waals surface area contributed by atoms with Crippen LogP contribution in [0.3, 0.4) is 0 Å². The lowest BCUT2D eigenvalue weighted by Gasteiger charge is -2.16. The lowest BCUT2D eigenvalue weighted by atomic mass is 10.0. The summed E-state index contributed by atoms with van der Waals surface area (Å²) in [5.74, 6) is -1.03. The molecule has 2 unspecified atom stereocenters. The Morgan fingerprint density at radius 3 is 2.42 bits per heavy atom. The number of nitrogens with two attached hydrogens (primary N) is 1. The number of carbonyl (C=O) groups excluding carboxylic acids is 1. The van der Waals surface area contributed by atoms with Gasteiger partial charge in [0.2, 0.25) is 5.91 Å². The van der Waals surface area contributed by atoms with E-state index in [-0.39, 0.29) is 28.3 Å². The van der Waals surface area contributed by atoms with Gasteiger partial charge >= 0.3 is 0 Å². The zero-order chi connectivity index (χ0) is 14.8. The van der Waals surface area contributed by atoms with E-state index in [1.54, 1.807) is 13.8 Å². The van der Waals surface area contributed by atoms with Gasteiger partial charge in [0.25, 0.3) is 0 Å². The summed E-state index contributed by atoms with van der Waals surface area (Å²) in [6, 6.07) is 3.37. The van der Waals surface area contributed by atoms with E-state index in [0.29, 0.717) is 0 Å². The molecule has 0 radical (unpaired) electrons. The Balaban J connectivity index is 3.05. The number of anilines is 1. The zero-order valence-corrected chi connectivity index (χ0v) is 11.9. The SMILES string of the molecule is CC(N)C(C)C(=O)Nc1cc(S(C)(=O)=O)ccc1O. The van der Waals surface area contributed by atoms with Crippen molar-refractivity contribution < 1.29 is 18.3 Å². The smallest absolute Gasteiger partial charge is 0.228 e. The fourth-order valence-corrected chi connectivity index (χ4v) is 1.98. The molecule has 0 fully saturated rings. The van der Waals surface area contributed by atoms with E-state index in [4.69, 9.17) is 5.73 Å². The maximum atomic E-state index is 11.8. The summed E-state index contributed by atoms with van der Waals surface area (Å²) >= 11 is 0. The van der Waals surface area contributed by atoms with Crippen LogP contribution in [0, 0.1) is 5.92 Å². The summed E-state index contributed by atoms with van der Waals surface area (Å²) in [6.07, 6.45) is 1.05. The van der Waals surface area contributed by atoms with Crippen LogP contribution in [-0.2, 0) is 14.6 Å². The first-order valence-corrected chi connectivity index (χ1v) is 7.61. The van der Waals surface area contributed by atoms with Gasteiger partial charge in [-0.3, -0.25) is 4.79 Å². The van der Waals surface area contributed by atoms with Gasteiger partial charge in [-0.2, -0.15) is 0 Å². The molecular weight excluding hydrogens is 268 g/mol. The molecule has 0 spiro atoms. The monoisotopic (exact) mass is 286 g/mol. The Morgan fingerprint density at radius 2 is 1.95 bits per heavy atom. The number of sulfone groups is 1. The van der Waals surface area contributed by atoms with E-state index in [1.807, 2.05) is 0 Å². The first-order chi connectivity index (χ1) is 8.62. The molecular formula is C12H18N2O4S. The van der Waals surface area contributed by atoms with Gasteiger partial charge in [-0.25, -0.2) is 8.42 Å². The van der Waals surface area contributed by atoms with E-state index >= 15 is 0 Å². The normalized spacial score (nSPS) is 14.7. The highest BCUT2D eigenvalue weighted by Crippen LogP contribution is 2.26. The lowest BCUT2D eigenvalue weighted by molar-refractivity contribution is -0.119. The van der Waals surface area contributed by atoms with Crippen molar-refractivity contribution in [2.24, 2.45) is 11.7 Å². The number of benzene rings is 1. The molecule has 0 aliphatic heterocycles. The summed E-state index contributed by atoms with van der Waals surface area (Å²) < 4.78 is 22.8. The van der Waals surface area contributed by atoms with Gasteiger partial charge in [0, 0.05) is 12.3 Å². The van der Waals surface area contributed by atoms with Crippen molar-refractivity contribution in [3.05, 3.63) is 18.2 Å². The highest BCUT2D eigenvalue weighted by atomic mass is 32.2. The van der Waals surface area contributed by atoms with Gasteiger partial charge in [-0.15, -0.1) is 0 Å². The molecule has 7 heteroatoms. The maximum absolute atomic E-state index is 11.8. The van der Waals surface area contributed by atoms with E-state index < -0.39 is 15.8 Å². The molecule has 1 amide bonds. The molecule has 0 aliphatic carbocycles. The summed E-state index contributed by atoms with van der Waals surface area (Å²) in [7, 11) is -3.40. The Labute approximate surface area is 112 Å².